The molecule has 2 nitrogen and oxygen atoms in total. The summed E-state index contributed by atoms with van der Waals surface area (Å²) in [6, 6.07) is 0. The van der Waals surface area contributed by atoms with Gasteiger partial charge in [0.15, 0.2) is 0 Å². The lowest BCUT2D eigenvalue weighted by molar-refractivity contribution is -0.119. The second-order valence-corrected chi connectivity index (χ2v) is 5.41. The molecule has 0 atom stereocenters. The minimum Gasteiger partial charge on any atom is -0.300 e. The summed E-state index contributed by atoms with van der Waals surface area (Å²) in [7, 11) is 0. The number of carbonyl (C=O) groups is 2. The second-order valence-electron chi connectivity index (χ2n) is 5.41. The highest BCUT2D eigenvalue weighted by molar-refractivity contribution is 5.79. The first-order chi connectivity index (χ1) is 8.31. The smallest absolute Gasteiger partial charge is 0.130 e. The summed E-state index contributed by atoms with van der Waals surface area (Å²) in [6.07, 6.45) is 7.28. The summed E-state index contributed by atoms with van der Waals surface area (Å²) in [5, 5.41) is 0. The van der Waals surface area contributed by atoms with Crippen LogP contribution in [0.25, 0.3) is 0 Å². The first-order valence-electron chi connectivity index (χ1n) is 6.60. The standard InChI is InChI=1S/C16H26O2/c1-12(2)7-6-8-13(3)9-16(10-14(4)17)11-15(5)18/h7,9,16H,6,8,10-11H2,1-5H3. The summed E-state index contributed by atoms with van der Waals surface area (Å²) in [4.78, 5) is 22.3. The molecule has 0 heterocycles. The molecule has 0 bridgehead atoms. The highest BCUT2D eigenvalue weighted by Crippen LogP contribution is 2.17. The van der Waals surface area contributed by atoms with Gasteiger partial charge >= 0.3 is 0 Å². The number of rotatable bonds is 8. The van der Waals surface area contributed by atoms with Crippen LogP contribution in [-0.4, -0.2) is 11.6 Å². The quantitative estimate of drug-likeness (QED) is 0.603. The molecule has 0 saturated heterocycles. The Bertz CT molecular complexity index is 328. The lowest BCUT2D eigenvalue weighted by atomic mass is 9.94. The van der Waals surface area contributed by atoms with Gasteiger partial charge in [-0.15, -0.1) is 0 Å². The van der Waals surface area contributed by atoms with Gasteiger partial charge in [-0.25, -0.2) is 0 Å². The van der Waals surface area contributed by atoms with Crippen LogP contribution in [0.3, 0.4) is 0 Å². The van der Waals surface area contributed by atoms with Crippen molar-refractivity contribution in [3.8, 4) is 0 Å². The van der Waals surface area contributed by atoms with E-state index >= 15 is 0 Å². The molecule has 0 aromatic heterocycles. The lowest BCUT2D eigenvalue weighted by Gasteiger charge is -2.10. The van der Waals surface area contributed by atoms with Crippen LogP contribution in [-0.2, 0) is 9.59 Å². The van der Waals surface area contributed by atoms with E-state index in [1.807, 2.05) is 0 Å². The molecule has 0 radical (unpaired) electrons. The Balaban J connectivity index is 4.46. The monoisotopic (exact) mass is 250 g/mol. The van der Waals surface area contributed by atoms with E-state index in [-0.39, 0.29) is 17.5 Å². The van der Waals surface area contributed by atoms with Gasteiger partial charge in [0.2, 0.25) is 0 Å². The van der Waals surface area contributed by atoms with E-state index in [1.54, 1.807) is 13.8 Å². The second kappa shape index (κ2) is 8.84. The molecule has 0 rings (SSSR count). The largest absolute Gasteiger partial charge is 0.300 e. The van der Waals surface area contributed by atoms with Gasteiger partial charge in [0.05, 0.1) is 0 Å². The Labute approximate surface area is 111 Å². The maximum atomic E-state index is 11.2. The van der Waals surface area contributed by atoms with E-state index in [4.69, 9.17) is 0 Å². The summed E-state index contributed by atoms with van der Waals surface area (Å²) in [5.74, 6) is 0.371. The molecule has 0 amide bonds. The maximum absolute atomic E-state index is 11.2. The average Bonchev–Trinajstić information content (AvgIpc) is 2.13. The van der Waals surface area contributed by atoms with Crippen LogP contribution in [0.5, 0.6) is 0 Å². The van der Waals surface area contributed by atoms with Crippen molar-refractivity contribution in [2.24, 2.45) is 5.92 Å². The van der Waals surface area contributed by atoms with Gasteiger partial charge in [-0.2, -0.15) is 0 Å². The van der Waals surface area contributed by atoms with Crippen LogP contribution in [0.1, 0.15) is 60.3 Å². The molecule has 0 aliphatic heterocycles. The highest BCUT2D eigenvalue weighted by Gasteiger charge is 2.11. The van der Waals surface area contributed by atoms with E-state index in [9.17, 15) is 9.59 Å². The van der Waals surface area contributed by atoms with Crippen molar-refractivity contribution in [1.82, 2.24) is 0 Å². The van der Waals surface area contributed by atoms with Gasteiger partial charge in [-0.05, 0) is 53.4 Å². The number of allylic oxidation sites excluding steroid dienone is 4. The fourth-order valence-electron chi connectivity index (χ4n) is 2.00. The Morgan fingerprint density at radius 2 is 1.44 bits per heavy atom. The van der Waals surface area contributed by atoms with Crippen LogP contribution in [0.15, 0.2) is 23.3 Å². The van der Waals surface area contributed by atoms with Gasteiger partial charge in [0.1, 0.15) is 11.6 Å². The van der Waals surface area contributed by atoms with Gasteiger partial charge in [0.25, 0.3) is 0 Å². The molecule has 0 unspecified atom stereocenters. The van der Waals surface area contributed by atoms with Crippen molar-refractivity contribution in [2.75, 3.05) is 0 Å². The first kappa shape index (κ1) is 16.8. The van der Waals surface area contributed by atoms with Crippen molar-refractivity contribution in [3.63, 3.8) is 0 Å². The summed E-state index contributed by atoms with van der Waals surface area (Å²) < 4.78 is 0. The van der Waals surface area contributed by atoms with E-state index in [1.165, 1.54) is 11.1 Å². The van der Waals surface area contributed by atoms with Gasteiger partial charge in [0, 0.05) is 12.8 Å². The lowest BCUT2D eigenvalue weighted by Crippen LogP contribution is -2.08. The number of carbonyl (C=O) groups excluding carboxylic acids is 2. The van der Waals surface area contributed by atoms with E-state index < -0.39 is 0 Å². The number of Topliss-reactive ketones (excluding diaryl/α,β-unsaturated/α-hetero) is 2. The van der Waals surface area contributed by atoms with Gasteiger partial charge in [-0.1, -0.05) is 23.3 Å². The zero-order valence-electron chi connectivity index (χ0n) is 12.4. The topological polar surface area (TPSA) is 34.1 Å². The van der Waals surface area contributed by atoms with Gasteiger partial charge < -0.3 is 9.59 Å². The summed E-state index contributed by atoms with van der Waals surface area (Å²) >= 11 is 0. The zero-order valence-corrected chi connectivity index (χ0v) is 12.4. The van der Waals surface area contributed by atoms with Gasteiger partial charge in [-0.3, -0.25) is 0 Å². The Morgan fingerprint density at radius 3 is 1.83 bits per heavy atom. The highest BCUT2D eigenvalue weighted by atomic mass is 16.1. The molecule has 0 fully saturated rings. The molecule has 2 heteroatoms. The third kappa shape index (κ3) is 10.0. The predicted octanol–water partition coefficient (Wildman–Crippen LogP) is 4.25. The van der Waals surface area contributed by atoms with Crippen molar-refractivity contribution < 1.29 is 9.59 Å². The molecule has 0 spiro atoms. The number of hydrogen-bond donors (Lipinski definition) is 0. The fourth-order valence-corrected chi connectivity index (χ4v) is 2.00. The maximum Gasteiger partial charge on any atom is 0.130 e. The molecule has 0 aromatic rings. The van der Waals surface area contributed by atoms with Crippen molar-refractivity contribution in [2.45, 2.75) is 60.3 Å². The average molecular weight is 250 g/mol. The van der Waals surface area contributed by atoms with Crippen molar-refractivity contribution in [3.05, 3.63) is 23.3 Å². The summed E-state index contributed by atoms with van der Waals surface area (Å²) in [5.41, 5.74) is 2.59. The molecule has 18 heavy (non-hydrogen) atoms. The molecule has 0 aliphatic carbocycles. The van der Waals surface area contributed by atoms with Crippen LogP contribution < -0.4 is 0 Å². The van der Waals surface area contributed by atoms with Crippen LogP contribution in [0, 0.1) is 5.92 Å². The third-order valence-corrected chi connectivity index (χ3v) is 2.71. The SMILES string of the molecule is CC(=O)CC(C=C(C)CCC=C(C)C)CC(C)=O. The van der Waals surface area contributed by atoms with Crippen LogP contribution in [0.2, 0.25) is 0 Å². The van der Waals surface area contributed by atoms with Crippen molar-refractivity contribution >= 4 is 11.6 Å². The first-order valence-corrected chi connectivity index (χ1v) is 6.60. The molecule has 0 N–H and O–H groups in total. The van der Waals surface area contributed by atoms with E-state index in [0.29, 0.717) is 12.8 Å². The summed E-state index contributed by atoms with van der Waals surface area (Å²) in [6.45, 7) is 9.42. The Morgan fingerprint density at radius 1 is 0.944 bits per heavy atom. The van der Waals surface area contributed by atoms with Crippen molar-refractivity contribution in [1.29, 1.82) is 0 Å². The molecule has 102 valence electrons. The molecule has 0 saturated carbocycles. The minimum atomic E-state index is 0.0757. The normalized spacial score (nSPS) is 11.6. The fraction of sp³-hybridized carbons (Fsp3) is 0.625. The number of ketones is 2. The molecule has 0 aromatic carbocycles. The van der Waals surface area contributed by atoms with E-state index in [0.717, 1.165) is 12.8 Å². The Hall–Kier alpha value is -1.18. The minimum absolute atomic E-state index is 0.0757. The molecular formula is C16H26O2. The third-order valence-electron chi connectivity index (χ3n) is 2.71. The van der Waals surface area contributed by atoms with E-state index in [2.05, 4.69) is 32.9 Å². The molecular weight excluding hydrogens is 224 g/mol. The zero-order chi connectivity index (χ0) is 14.1. The Kier molecular flexibility index (Phi) is 8.27. The molecule has 0 aliphatic rings. The predicted molar refractivity (Wildman–Crippen MR) is 76.5 cm³/mol. The van der Waals surface area contributed by atoms with Crippen LogP contribution in [0.4, 0.5) is 0 Å². The van der Waals surface area contributed by atoms with Crippen LogP contribution >= 0.6 is 0 Å². The number of hydrogen-bond acceptors (Lipinski definition) is 2.